The number of nitrogens with zero attached hydrogens (tertiary/aromatic N) is 1. The molecule has 1 heterocycles. The normalized spacial score (nSPS) is 21.9. The van der Waals surface area contributed by atoms with E-state index in [4.69, 9.17) is 0 Å². The van der Waals surface area contributed by atoms with Crippen molar-refractivity contribution in [3.63, 3.8) is 0 Å². The summed E-state index contributed by atoms with van der Waals surface area (Å²) in [5, 5.41) is 0. The zero-order valence-electron chi connectivity index (χ0n) is 10.3. The lowest BCUT2D eigenvalue weighted by atomic mass is 10.0. The second kappa shape index (κ2) is 5.78. The Labute approximate surface area is 97.5 Å². The maximum Gasteiger partial charge on any atom is 0.118 e. The molecule has 1 aliphatic rings. The van der Waals surface area contributed by atoms with Gasteiger partial charge in [-0.2, -0.15) is 0 Å². The van der Waals surface area contributed by atoms with Crippen molar-refractivity contribution in [3.8, 4) is 0 Å². The summed E-state index contributed by atoms with van der Waals surface area (Å²) in [6.45, 7) is 9.93. The fourth-order valence-electron chi connectivity index (χ4n) is 1.71. The topological polar surface area (TPSA) is 12.4 Å². The molecule has 1 rings (SSSR count). The predicted octanol–water partition coefficient (Wildman–Crippen LogP) is 4.23. The Morgan fingerprint density at radius 1 is 1.50 bits per heavy atom. The number of rotatable bonds is 4. The van der Waals surface area contributed by atoms with Crippen LogP contribution in [0.5, 0.6) is 0 Å². The molecule has 0 saturated heterocycles. The molecule has 16 heavy (non-hydrogen) atoms. The molecule has 88 valence electrons. The second-order valence-corrected chi connectivity index (χ2v) is 4.41. The van der Waals surface area contributed by atoms with Crippen molar-refractivity contribution < 1.29 is 4.39 Å². The lowest BCUT2D eigenvalue weighted by Crippen LogP contribution is -2.03. The van der Waals surface area contributed by atoms with Gasteiger partial charge < -0.3 is 0 Å². The number of hydrogen-bond acceptors (Lipinski definition) is 1. The molecule has 0 unspecified atom stereocenters. The van der Waals surface area contributed by atoms with E-state index in [0.717, 1.165) is 18.4 Å². The fourth-order valence-corrected chi connectivity index (χ4v) is 1.71. The minimum Gasteiger partial charge on any atom is -0.286 e. The fraction of sp³-hybridized carbons (Fsp3) is 0.500. The predicted molar refractivity (Wildman–Crippen MR) is 68.4 cm³/mol. The average molecular weight is 221 g/mol. The van der Waals surface area contributed by atoms with E-state index in [-0.39, 0.29) is 11.9 Å². The molecule has 0 saturated carbocycles. The molecule has 1 atom stereocenters. The van der Waals surface area contributed by atoms with Crippen molar-refractivity contribution in [2.75, 3.05) is 0 Å². The molecule has 1 nitrogen and oxygen atoms in total. The molecule has 1 aliphatic heterocycles. The van der Waals surface area contributed by atoms with E-state index in [1.807, 2.05) is 0 Å². The summed E-state index contributed by atoms with van der Waals surface area (Å²) in [6, 6.07) is 0.151. The van der Waals surface area contributed by atoms with Crippen molar-refractivity contribution in [2.45, 2.75) is 39.7 Å². The van der Waals surface area contributed by atoms with Crippen molar-refractivity contribution in [1.82, 2.24) is 0 Å². The highest BCUT2D eigenvalue weighted by Crippen LogP contribution is 2.23. The molecule has 0 bridgehead atoms. The van der Waals surface area contributed by atoms with Gasteiger partial charge in [0, 0.05) is 5.71 Å². The summed E-state index contributed by atoms with van der Waals surface area (Å²) in [7, 11) is 0. The number of halogens is 1. The van der Waals surface area contributed by atoms with Crippen molar-refractivity contribution in [2.24, 2.45) is 10.9 Å². The maximum absolute atomic E-state index is 12.9. The lowest BCUT2D eigenvalue weighted by molar-refractivity contribution is 0.664. The molecule has 0 N–H and O–H groups in total. The number of hydrogen-bond donors (Lipinski definition) is 0. The third kappa shape index (κ3) is 3.44. The molecule has 0 radical (unpaired) electrons. The van der Waals surface area contributed by atoms with Gasteiger partial charge in [-0.15, -0.1) is 0 Å². The minimum absolute atomic E-state index is 0.151. The van der Waals surface area contributed by atoms with Crippen LogP contribution in [0.3, 0.4) is 0 Å². The van der Waals surface area contributed by atoms with E-state index < -0.39 is 0 Å². The molecular formula is C14H20FN. The standard InChI is InChI=1S/C14H20FN/c1-5-12(15)7-6-11(4)14-9-8-13(16-14)10(2)3/h5-7,10,14H,4,8-9H2,1-3H3/b7-6-,12-5+/t14-/m0/s1. The van der Waals surface area contributed by atoms with Crippen LogP contribution in [0.25, 0.3) is 0 Å². The zero-order chi connectivity index (χ0) is 12.1. The molecule has 0 aromatic heterocycles. The maximum atomic E-state index is 12.9. The van der Waals surface area contributed by atoms with Crippen molar-refractivity contribution in [1.29, 1.82) is 0 Å². The van der Waals surface area contributed by atoms with Gasteiger partial charge >= 0.3 is 0 Å². The molecule has 2 heteroatoms. The van der Waals surface area contributed by atoms with E-state index in [0.29, 0.717) is 5.92 Å². The van der Waals surface area contributed by atoms with E-state index in [1.54, 1.807) is 13.0 Å². The van der Waals surface area contributed by atoms with Crippen LogP contribution >= 0.6 is 0 Å². The van der Waals surface area contributed by atoms with E-state index in [1.165, 1.54) is 17.9 Å². The Balaban J connectivity index is 2.61. The second-order valence-electron chi connectivity index (χ2n) is 4.41. The Hall–Kier alpha value is -1.18. The highest BCUT2D eigenvalue weighted by atomic mass is 19.1. The Kier molecular flexibility index (Phi) is 4.66. The lowest BCUT2D eigenvalue weighted by Gasteiger charge is -2.05. The molecule has 0 aromatic rings. The smallest absolute Gasteiger partial charge is 0.118 e. The highest BCUT2D eigenvalue weighted by Gasteiger charge is 2.20. The molecule has 0 amide bonds. The first kappa shape index (κ1) is 12.9. The summed E-state index contributed by atoms with van der Waals surface area (Å²) >= 11 is 0. The van der Waals surface area contributed by atoms with Crippen LogP contribution in [-0.2, 0) is 0 Å². The quantitative estimate of drug-likeness (QED) is 0.630. The van der Waals surface area contributed by atoms with Crippen LogP contribution in [0.2, 0.25) is 0 Å². The van der Waals surface area contributed by atoms with Crippen LogP contribution < -0.4 is 0 Å². The van der Waals surface area contributed by atoms with Gasteiger partial charge in [-0.25, -0.2) is 4.39 Å². The van der Waals surface area contributed by atoms with Gasteiger partial charge in [-0.05, 0) is 37.3 Å². The summed E-state index contributed by atoms with van der Waals surface area (Å²) in [5.74, 6) is 0.279. The van der Waals surface area contributed by atoms with Gasteiger partial charge in [-0.1, -0.05) is 32.6 Å². The van der Waals surface area contributed by atoms with Gasteiger partial charge in [0.1, 0.15) is 5.83 Å². The molecular weight excluding hydrogens is 201 g/mol. The summed E-state index contributed by atoms with van der Waals surface area (Å²) in [6.07, 6.45) is 6.66. The number of aliphatic imine (C=N–C) groups is 1. The summed E-state index contributed by atoms with van der Waals surface area (Å²) < 4.78 is 12.9. The largest absolute Gasteiger partial charge is 0.286 e. The zero-order valence-corrected chi connectivity index (χ0v) is 10.3. The van der Waals surface area contributed by atoms with Gasteiger partial charge in [0.25, 0.3) is 0 Å². The van der Waals surface area contributed by atoms with Crippen LogP contribution in [0, 0.1) is 5.92 Å². The van der Waals surface area contributed by atoms with Gasteiger partial charge in [-0.3, -0.25) is 4.99 Å². The molecule has 0 aromatic carbocycles. The van der Waals surface area contributed by atoms with Crippen LogP contribution in [0.4, 0.5) is 4.39 Å². The molecule has 0 fully saturated rings. The first-order valence-electron chi connectivity index (χ1n) is 5.79. The Morgan fingerprint density at radius 3 is 2.69 bits per heavy atom. The summed E-state index contributed by atoms with van der Waals surface area (Å²) in [4.78, 5) is 4.62. The van der Waals surface area contributed by atoms with Gasteiger partial charge in [0.05, 0.1) is 6.04 Å². The number of allylic oxidation sites excluding steroid dienone is 3. The van der Waals surface area contributed by atoms with Crippen molar-refractivity contribution in [3.05, 3.63) is 36.2 Å². The van der Waals surface area contributed by atoms with Gasteiger partial charge in [0.15, 0.2) is 0 Å². The summed E-state index contributed by atoms with van der Waals surface area (Å²) in [5.41, 5.74) is 2.15. The molecule has 0 aliphatic carbocycles. The van der Waals surface area contributed by atoms with Crippen LogP contribution in [0.1, 0.15) is 33.6 Å². The van der Waals surface area contributed by atoms with Crippen LogP contribution in [0.15, 0.2) is 41.2 Å². The first-order chi connectivity index (χ1) is 7.54. The Morgan fingerprint density at radius 2 is 2.19 bits per heavy atom. The third-order valence-corrected chi connectivity index (χ3v) is 2.82. The molecule has 0 spiro atoms. The average Bonchev–Trinajstić information content (AvgIpc) is 2.74. The SMILES string of the molecule is C=C(/C=C\C(F)=C/C)[C@@H]1CCC(C(C)C)=N1. The minimum atomic E-state index is -0.229. The highest BCUT2D eigenvalue weighted by molar-refractivity contribution is 5.88. The van der Waals surface area contributed by atoms with E-state index in [9.17, 15) is 4.39 Å². The van der Waals surface area contributed by atoms with Crippen LogP contribution in [-0.4, -0.2) is 11.8 Å². The monoisotopic (exact) mass is 221 g/mol. The van der Waals surface area contributed by atoms with Crippen molar-refractivity contribution >= 4 is 5.71 Å². The Bertz CT molecular complexity index is 348. The van der Waals surface area contributed by atoms with E-state index >= 15 is 0 Å². The first-order valence-corrected chi connectivity index (χ1v) is 5.79. The third-order valence-electron chi connectivity index (χ3n) is 2.82. The van der Waals surface area contributed by atoms with E-state index in [2.05, 4.69) is 25.4 Å². The van der Waals surface area contributed by atoms with Gasteiger partial charge in [0.2, 0.25) is 0 Å².